The molecule has 0 saturated heterocycles. The van der Waals surface area contributed by atoms with E-state index in [0.717, 1.165) is 4.70 Å². The van der Waals surface area contributed by atoms with Crippen LogP contribution in [0.15, 0.2) is 41.4 Å². The minimum atomic E-state index is -0.447. The van der Waals surface area contributed by atoms with Gasteiger partial charge in [0, 0.05) is 17.2 Å². The molecule has 0 fully saturated rings. The molecule has 2 aromatic carbocycles. The van der Waals surface area contributed by atoms with E-state index in [1.807, 2.05) is 12.1 Å². The highest BCUT2D eigenvalue weighted by atomic mass is 35.5. The first-order valence-electron chi connectivity index (χ1n) is 8.36. The van der Waals surface area contributed by atoms with Crippen LogP contribution in [-0.4, -0.2) is 30.3 Å². The van der Waals surface area contributed by atoms with E-state index in [4.69, 9.17) is 25.8 Å². The largest absolute Gasteiger partial charge is 0.468 e. The van der Waals surface area contributed by atoms with E-state index in [1.54, 1.807) is 28.8 Å². The SMILES string of the molecule is COC(=O)Cn1c(=NC(=O)Cc2ccccc2Cl)sc2cc3c(cc21)OCO3. The van der Waals surface area contributed by atoms with E-state index in [-0.39, 0.29) is 25.7 Å². The van der Waals surface area contributed by atoms with Crippen molar-refractivity contribution in [2.45, 2.75) is 13.0 Å². The van der Waals surface area contributed by atoms with Crippen molar-refractivity contribution in [3.8, 4) is 11.5 Å². The number of benzene rings is 2. The van der Waals surface area contributed by atoms with Gasteiger partial charge < -0.3 is 18.8 Å². The molecule has 1 aromatic heterocycles. The zero-order valence-electron chi connectivity index (χ0n) is 14.8. The second-order valence-corrected chi connectivity index (χ2v) is 7.41. The van der Waals surface area contributed by atoms with Gasteiger partial charge in [-0.3, -0.25) is 9.59 Å². The molecule has 28 heavy (non-hydrogen) atoms. The first-order chi connectivity index (χ1) is 13.5. The number of thiazole rings is 1. The summed E-state index contributed by atoms with van der Waals surface area (Å²) in [6.07, 6.45) is 0.0644. The van der Waals surface area contributed by atoms with E-state index in [2.05, 4.69) is 4.99 Å². The molecule has 0 radical (unpaired) electrons. The molecule has 0 N–H and O–H groups in total. The van der Waals surface area contributed by atoms with Gasteiger partial charge in [-0.05, 0) is 11.6 Å². The highest BCUT2D eigenvalue weighted by Gasteiger charge is 2.19. The third kappa shape index (κ3) is 3.61. The third-order valence-corrected chi connectivity index (χ3v) is 5.62. The molecule has 1 aliphatic rings. The number of hydrogen-bond acceptors (Lipinski definition) is 6. The van der Waals surface area contributed by atoms with Gasteiger partial charge in [0.2, 0.25) is 6.79 Å². The molecule has 9 heteroatoms. The summed E-state index contributed by atoms with van der Waals surface area (Å²) in [7, 11) is 1.31. The quantitative estimate of drug-likeness (QED) is 0.609. The summed E-state index contributed by atoms with van der Waals surface area (Å²) in [5.41, 5.74) is 1.41. The second kappa shape index (κ2) is 7.65. The smallest absolute Gasteiger partial charge is 0.325 e. The molecule has 0 unspecified atom stereocenters. The summed E-state index contributed by atoms with van der Waals surface area (Å²) in [5, 5.41) is 0.510. The maximum Gasteiger partial charge on any atom is 0.325 e. The van der Waals surface area contributed by atoms with Crippen molar-refractivity contribution in [3.05, 3.63) is 51.8 Å². The van der Waals surface area contributed by atoms with Crippen LogP contribution < -0.4 is 14.3 Å². The summed E-state index contributed by atoms with van der Waals surface area (Å²) >= 11 is 7.41. The average molecular weight is 419 g/mol. The molecule has 0 spiro atoms. The van der Waals surface area contributed by atoms with Gasteiger partial charge >= 0.3 is 5.97 Å². The molecule has 3 aromatic rings. The predicted octanol–water partition coefficient (Wildman–Crippen LogP) is 2.93. The van der Waals surface area contributed by atoms with Crippen LogP contribution in [0.2, 0.25) is 5.02 Å². The Morgan fingerprint density at radius 1 is 1.25 bits per heavy atom. The minimum Gasteiger partial charge on any atom is -0.468 e. The van der Waals surface area contributed by atoms with Crippen LogP contribution in [0.25, 0.3) is 10.2 Å². The lowest BCUT2D eigenvalue weighted by molar-refractivity contribution is -0.141. The summed E-state index contributed by atoms with van der Waals surface area (Å²) in [6, 6.07) is 10.7. The summed E-state index contributed by atoms with van der Waals surface area (Å²) in [6.45, 7) is 0.0749. The molecule has 0 bridgehead atoms. The fraction of sp³-hybridized carbons (Fsp3) is 0.211. The van der Waals surface area contributed by atoms with E-state index >= 15 is 0 Å². The number of halogens is 1. The Bertz CT molecular complexity index is 1150. The molecule has 0 saturated carbocycles. The number of carbonyl (C=O) groups excluding carboxylic acids is 2. The van der Waals surface area contributed by atoms with Crippen molar-refractivity contribution in [3.63, 3.8) is 0 Å². The molecule has 2 heterocycles. The second-order valence-electron chi connectivity index (χ2n) is 5.99. The summed E-state index contributed by atoms with van der Waals surface area (Å²) < 4.78 is 18.1. The average Bonchev–Trinajstić information content (AvgIpc) is 3.26. The van der Waals surface area contributed by atoms with Crippen molar-refractivity contribution >= 4 is 45.0 Å². The number of nitrogens with zero attached hydrogens (tertiary/aromatic N) is 2. The number of amides is 1. The topological polar surface area (TPSA) is 79.1 Å². The number of fused-ring (bicyclic) bond motifs is 2. The summed E-state index contributed by atoms with van der Waals surface area (Å²) in [4.78, 5) is 29.0. The summed E-state index contributed by atoms with van der Waals surface area (Å²) in [5.74, 6) is 0.390. The molecule has 7 nitrogen and oxygen atoms in total. The number of rotatable bonds is 4. The fourth-order valence-corrected chi connectivity index (χ4v) is 4.10. The lowest BCUT2D eigenvalue weighted by Crippen LogP contribution is -2.22. The third-order valence-electron chi connectivity index (χ3n) is 4.21. The van der Waals surface area contributed by atoms with Crippen LogP contribution >= 0.6 is 22.9 Å². The number of aromatic nitrogens is 1. The standard InChI is InChI=1S/C19H15ClN2O5S/c1-25-18(24)9-22-13-7-14-15(27-10-26-14)8-16(13)28-19(22)21-17(23)6-11-4-2-3-5-12(11)20/h2-5,7-8H,6,9-10H2,1H3. The molecule has 0 aliphatic carbocycles. The Kier molecular flexibility index (Phi) is 5.06. The molecule has 144 valence electrons. The van der Waals surface area contributed by atoms with Crippen LogP contribution in [-0.2, 0) is 27.3 Å². The zero-order valence-corrected chi connectivity index (χ0v) is 16.4. The Morgan fingerprint density at radius 3 is 2.75 bits per heavy atom. The Hall–Kier alpha value is -2.84. The van der Waals surface area contributed by atoms with Crippen LogP contribution in [0.4, 0.5) is 0 Å². The van der Waals surface area contributed by atoms with Crippen LogP contribution in [0.3, 0.4) is 0 Å². The highest BCUT2D eigenvalue weighted by molar-refractivity contribution is 7.16. The fourth-order valence-electron chi connectivity index (χ4n) is 2.84. The minimum absolute atomic E-state index is 0.0644. The van der Waals surface area contributed by atoms with E-state index < -0.39 is 5.97 Å². The van der Waals surface area contributed by atoms with Crippen LogP contribution in [0.5, 0.6) is 11.5 Å². The first-order valence-corrected chi connectivity index (χ1v) is 9.55. The maximum absolute atomic E-state index is 12.5. The number of hydrogen-bond donors (Lipinski definition) is 0. The number of methoxy groups -OCH3 is 1. The van der Waals surface area contributed by atoms with E-state index in [0.29, 0.717) is 32.4 Å². The predicted molar refractivity (Wildman–Crippen MR) is 104 cm³/mol. The van der Waals surface area contributed by atoms with Gasteiger partial charge in [-0.2, -0.15) is 4.99 Å². The number of esters is 1. The van der Waals surface area contributed by atoms with Gasteiger partial charge in [-0.25, -0.2) is 0 Å². The van der Waals surface area contributed by atoms with Crippen molar-refractivity contribution in [1.29, 1.82) is 0 Å². The van der Waals surface area contributed by atoms with E-state index in [1.165, 1.54) is 18.4 Å². The molecule has 0 atom stereocenters. The van der Waals surface area contributed by atoms with Gasteiger partial charge in [0.05, 0.1) is 23.7 Å². The lowest BCUT2D eigenvalue weighted by atomic mass is 10.1. The van der Waals surface area contributed by atoms with Crippen LogP contribution in [0.1, 0.15) is 5.56 Å². The van der Waals surface area contributed by atoms with Crippen molar-refractivity contribution in [2.75, 3.05) is 13.9 Å². The van der Waals surface area contributed by atoms with Crippen molar-refractivity contribution < 1.29 is 23.8 Å². The Morgan fingerprint density at radius 2 is 2.00 bits per heavy atom. The van der Waals surface area contributed by atoms with E-state index in [9.17, 15) is 9.59 Å². The van der Waals surface area contributed by atoms with Gasteiger partial charge in [0.25, 0.3) is 5.91 Å². The normalized spacial score (nSPS) is 13.1. The highest BCUT2D eigenvalue weighted by Crippen LogP contribution is 2.37. The monoisotopic (exact) mass is 418 g/mol. The lowest BCUT2D eigenvalue weighted by Gasteiger charge is -2.04. The number of ether oxygens (including phenoxy) is 3. The first kappa shape index (κ1) is 18.5. The molecular weight excluding hydrogens is 404 g/mol. The van der Waals surface area contributed by atoms with Crippen molar-refractivity contribution in [2.24, 2.45) is 4.99 Å². The van der Waals surface area contributed by atoms with Crippen LogP contribution in [0, 0.1) is 0 Å². The Balaban J connectivity index is 1.77. The van der Waals surface area contributed by atoms with Crippen molar-refractivity contribution in [1.82, 2.24) is 4.57 Å². The molecule has 1 amide bonds. The van der Waals surface area contributed by atoms with Gasteiger partial charge in [0.15, 0.2) is 16.3 Å². The molecule has 1 aliphatic heterocycles. The molecular formula is C19H15ClN2O5S. The maximum atomic E-state index is 12.5. The zero-order chi connectivity index (χ0) is 19.7. The van der Waals surface area contributed by atoms with Gasteiger partial charge in [0.1, 0.15) is 6.54 Å². The Labute approximate surface area is 168 Å². The number of carbonyl (C=O) groups is 2. The molecule has 4 rings (SSSR count). The van der Waals surface area contributed by atoms with Gasteiger partial charge in [-0.1, -0.05) is 41.1 Å². The van der Waals surface area contributed by atoms with Gasteiger partial charge in [-0.15, -0.1) is 0 Å².